The van der Waals surface area contributed by atoms with E-state index >= 15 is 4.39 Å². The molecule has 1 fully saturated rings. The molecule has 3 heterocycles. The number of amides is 1. The maximum atomic E-state index is 15.7. The van der Waals surface area contributed by atoms with Crippen molar-refractivity contribution in [2.75, 3.05) is 17.7 Å². The van der Waals surface area contributed by atoms with E-state index in [4.69, 9.17) is 11.6 Å². The summed E-state index contributed by atoms with van der Waals surface area (Å²) in [6, 6.07) is 14.7. The normalized spacial score (nSPS) is 16.6. The lowest BCUT2D eigenvalue weighted by molar-refractivity contribution is -0.118. The summed E-state index contributed by atoms with van der Waals surface area (Å²) in [5.74, 6) is -1.75. The number of halogens is 2. The van der Waals surface area contributed by atoms with Gasteiger partial charge in [-0.1, -0.05) is 48.0 Å². The molecule has 1 atom stereocenters. The maximum absolute atomic E-state index is 15.7. The number of hydrogen-bond acceptors (Lipinski definition) is 7. The second kappa shape index (κ2) is 9.44. The molecule has 1 aliphatic heterocycles. The smallest absolute Gasteiger partial charge is 0.250 e. The average molecular weight is 580 g/mol. The van der Waals surface area contributed by atoms with Gasteiger partial charge in [0.05, 0.1) is 15.9 Å². The van der Waals surface area contributed by atoms with Crippen molar-refractivity contribution in [3.05, 3.63) is 71.6 Å². The van der Waals surface area contributed by atoms with Crippen LogP contribution in [0.15, 0.2) is 69.8 Å². The van der Waals surface area contributed by atoms with Crippen molar-refractivity contribution in [3.63, 3.8) is 0 Å². The molecule has 0 saturated carbocycles. The molecule has 8 nitrogen and oxygen atoms in total. The van der Waals surface area contributed by atoms with Crippen LogP contribution in [0.5, 0.6) is 0 Å². The van der Waals surface area contributed by atoms with Crippen LogP contribution in [-0.2, 0) is 24.7 Å². The van der Waals surface area contributed by atoms with Crippen molar-refractivity contribution < 1.29 is 26.0 Å². The van der Waals surface area contributed by atoms with Crippen LogP contribution in [0.4, 0.5) is 10.1 Å². The van der Waals surface area contributed by atoms with Gasteiger partial charge in [0.2, 0.25) is 5.91 Å². The number of aromatic nitrogens is 1. The fourth-order valence-electron chi connectivity index (χ4n) is 4.24. The highest BCUT2D eigenvalue weighted by atomic mass is 35.5. The summed E-state index contributed by atoms with van der Waals surface area (Å²) < 4.78 is 69.8. The number of carbonyl (C=O) groups is 1. The molecule has 4 aromatic rings. The van der Waals surface area contributed by atoms with Gasteiger partial charge in [0.1, 0.15) is 20.3 Å². The number of thiophene rings is 1. The number of hydrogen-bond donors (Lipinski definition) is 1. The fourth-order valence-corrected chi connectivity index (χ4v) is 7.98. The van der Waals surface area contributed by atoms with E-state index in [9.17, 15) is 21.6 Å². The molecular weight excluding hydrogens is 561 g/mol. The summed E-state index contributed by atoms with van der Waals surface area (Å²) in [4.78, 5) is 17.8. The molecule has 2 aromatic heterocycles. The molecule has 0 radical (unpaired) electrons. The second-order valence-electron chi connectivity index (χ2n) is 8.45. The highest BCUT2D eigenvalue weighted by molar-refractivity contribution is 7.92. The third kappa shape index (κ3) is 4.87. The highest BCUT2D eigenvalue weighted by Gasteiger charge is 2.38. The summed E-state index contributed by atoms with van der Waals surface area (Å²) in [5.41, 5.74) is 0.858. The van der Waals surface area contributed by atoms with Crippen LogP contribution in [0.3, 0.4) is 0 Å². The zero-order valence-electron chi connectivity index (χ0n) is 19.2. The van der Waals surface area contributed by atoms with Crippen LogP contribution in [-0.4, -0.2) is 46.6 Å². The second-order valence-corrected chi connectivity index (χ2v) is 13.8. The largest absolute Gasteiger partial charge is 0.308 e. The molecule has 192 valence electrons. The Balaban J connectivity index is 1.45. The van der Waals surface area contributed by atoms with Crippen molar-refractivity contribution in [2.24, 2.45) is 0 Å². The van der Waals surface area contributed by atoms with E-state index in [1.165, 1.54) is 18.2 Å². The molecule has 0 aliphatic carbocycles. The molecule has 0 spiro atoms. The number of sulfonamides is 1. The van der Waals surface area contributed by atoms with Gasteiger partial charge in [-0.15, -0.1) is 11.3 Å². The van der Waals surface area contributed by atoms with Crippen LogP contribution in [0.25, 0.3) is 21.3 Å². The van der Waals surface area contributed by atoms with Crippen LogP contribution in [0.1, 0.15) is 6.42 Å². The lowest BCUT2D eigenvalue weighted by Gasteiger charge is -2.20. The Bertz CT molecular complexity index is 1760. The minimum atomic E-state index is -4.09. The molecule has 1 N–H and O–H groups in total. The lowest BCUT2D eigenvalue weighted by Crippen LogP contribution is -2.41. The number of rotatable bonds is 6. The first kappa shape index (κ1) is 25.7. The van der Waals surface area contributed by atoms with Crippen molar-refractivity contribution in [1.29, 1.82) is 0 Å². The Labute approximate surface area is 221 Å². The SMILES string of the molecule is CS(=O)(=O)c1c(-c2ccccc2)ccc(N2CC[C@H](NS(=O)(=O)c3cc4nc(Cl)ccc4s3)C2=O)c1F. The van der Waals surface area contributed by atoms with E-state index < -0.39 is 42.5 Å². The average Bonchev–Trinajstić information content (AvgIpc) is 3.42. The molecule has 1 amide bonds. The molecule has 37 heavy (non-hydrogen) atoms. The predicted octanol–water partition coefficient (Wildman–Crippen LogP) is 4.24. The zero-order chi connectivity index (χ0) is 26.5. The molecular formula is C24H19ClFN3O5S3. The fraction of sp³-hybridized carbons (Fsp3) is 0.167. The summed E-state index contributed by atoms with van der Waals surface area (Å²) in [5, 5.41) is 0.220. The van der Waals surface area contributed by atoms with E-state index in [1.807, 2.05) is 0 Å². The van der Waals surface area contributed by atoms with Crippen LogP contribution >= 0.6 is 22.9 Å². The van der Waals surface area contributed by atoms with E-state index in [1.54, 1.807) is 42.5 Å². The molecule has 0 bridgehead atoms. The highest BCUT2D eigenvalue weighted by Crippen LogP contribution is 2.36. The third-order valence-corrected chi connectivity index (χ3v) is 10.3. The molecule has 0 unspecified atom stereocenters. The molecule has 1 saturated heterocycles. The molecule has 13 heteroatoms. The van der Waals surface area contributed by atoms with E-state index in [0.717, 1.165) is 22.5 Å². The van der Waals surface area contributed by atoms with E-state index in [0.29, 0.717) is 15.8 Å². The minimum absolute atomic E-state index is 0.000402. The van der Waals surface area contributed by atoms with Crippen LogP contribution < -0.4 is 9.62 Å². The minimum Gasteiger partial charge on any atom is -0.308 e. The van der Waals surface area contributed by atoms with Gasteiger partial charge in [0, 0.05) is 18.4 Å². The number of fused-ring (bicyclic) bond motifs is 1. The zero-order valence-corrected chi connectivity index (χ0v) is 22.4. The quantitative estimate of drug-likeness (QED) is 0.342. The number of carbonyl (C=O) groups excluding carboxylic acids is 1. The number of pyridine rings is 1. The Hall–Kier alpha value is -2.90. The first-order chi connectivity index (χ1) is 17.5. The van der Waals surface area contributed by atoms with Gasteiger partial charge in [0.25, 0.3) is 10.0 Å². The molecule has 1 aliphatic rings. The number of sulfone groups is 1. The number of anilines is 1. The Morgan fingerprint density at radius 3 is 2.51 bits per heavy atom. The Morgan fingerprint density at radius 2 is 1.81 bits per heavy atom. The Kier molecular flexibility index (Phi) is 6.57. The summed E-state index contributed by atoms with van der Waals surface area (Å²) in [6.07, 6.45) is 0.971. The number of nitrogens with one attached hydrogen (secondary N) is 1. The summed E-state index contributed by atoms with van der Waals surface area (Å²) >= 11 is 6.86. The van der Waals surface area contributed by atoms with Gasteiger partial charge >= 0.3 is 0 Å². The number of benzene rings is 2. The summed E-state index contributed by atoms with van der Waals surface area (Å²) in [7, 11) is -8.11. The van der Waals surface area contributed by atoms with E-state index in [-0.39, 0.29) is 33.6 Å². The van der Waals surface area contributed by atoms with Gasteiger partial charge in [-0.3, -0.25) is 4.79 Å². The van der Waals surface area contributed by atoms with Crippen molar-refractivity contribution in [3.8, 4) is 11.1 Å². The topological polar surface area (TPSA) is 114 Å². The summed E-state index contributed by atoms with van der Waals surface area (Å²) in [6.45, 7) is 0.000402. The first-order valence-electron chi connectivity index (χ1n) is 10.9. The molecule has 5 rings (SSSR count). The number of nitrogens with zero attached hydrogens (tertiary/aromatic N) is 2. The monoisotopic (exact) mass is 579 g/mol. The van der Waals surface area contributed by atoms with E-state index in [2.05, 4.69) is 9.71 Å². The van der Waals surface area contributed by atoms with Gasteiger partial charge in [-0.05, 0) is 36.2 Å². The van der Waals surface area contributed by atoms with Gasteiger partial charge in [-0.2, -0.15) is 4.72 Å². The Morgan fingerprint density at radius 1 is 1.08 bits per heavy atom. The maximum Gasteiger partial charge on any atom is 0.250 e. The first-order valence-corrected chi connectivity index (χ1v) is 15.5. The van der Waals surface area contributed by atoms with Gasteiger partial charge in [0.15, 0.2) is 15.7 Å². The van der Waals surface area contributed by atoms with Crippen molar-refractivity contribution >= 4 is 64.6 Å². The lowest BCUT2D eigenvalue weighted by atomic mass is 10.0. The van der Waals surface area contributed by atoms with Crippen LogP contribution in [0, 0.1) is 5.82 Å². The van der Waals surface area contributed by atoms with Crippen LogP contribution in [0.2, 0.25) is 5.15 Å². The van der Waals surface area contributed by atoms with Gasteiger partial charge < -0.3 is 4.90 Å². The molecule has 2 aromatic carbocycles. The standard InChI is InChI=1S/C24H19ClFN3O5S3/c1-36(31,32)23-15(14-5-3-2-4-6-14)7-8-18(22(23)26)29-12-11-16(24(29)30)28-37(33,34)21-13-17-19(35-21)9-10-20(25)27-17/h2-10,13,16,28H,11-12H2,1H3/t16-/m0/s1. The predicted molar refractivity (Wildman–Crippen MR) is 141 cm³/mol. The third-order valence-electron chi connectivity index (χ3n) is 5.91. The van der Waals surface area contributed by atoms with Crippen molar-refractivity contribution in [1.82, 2.24) is 9.71 Å². The van der Waals surface area contributed by atoms with Gasteiger partial charge in [-0.25, -0.2) is 26.2 Å². The van der Waals surface area contributed by atoms with Crippen molar-refractivity contribution in [2.45, 2.75) is 21.6 Å².